The second-order valence-corrected chi connectivity index (χ2v) is 7.20. The van der Waals surface area contributed by atoms with Crippen LogP contribution in [0.5, 0.6) is 0 Å². The number of ether oxygens (including phenoxy) is 1. The smallest absolute Gasteiger partial charge is 0.262 e. The number of aryl methyl sites for hydroxylation is 1. The molecule has 0 radical (unpaired) electrons. The minimum atomic E-state index is -0.242. The van der Waals surface area contributed by atoms with Gasteiger partial charge in [-0.3, -0.25) is 14.2 Å². The van der Waals surface area contributed by atoms with Crippen LogP contribution in [-0.2, 0) is 16.1 Å². The summed E-state index contributed by atoms with van der Waals surface area (Å²) in [5.74, 6) is -0.242. The highest BCUT2D eigenvalue weighted by molar-refractivity contribution is 7.22. The number of methoxy groups -OCH3 is 1. The minimum Gasteiger partial charge on any atom is -0.383 e. The third-order valence-corrected chi connectivity index (χ3v) is 5.34. The SMILES string of the molecule is COCC(C)NC(=O)Cn1cnc2sc(-c3ccccc3)c(C)c2c1=O. The van der Waals surface area contributed by atoms with Gasteiger partial charge in [0.05, 0.1) is 18.3 Å². The number of nitrogens with one attached hydrogen (secondary N) is 1. The molecule has 1 amide bonds. The number of carbonyl (C=O) groups excluding carboxylic acids is 1. The van der Waals surface area contributed by atoms with Crippen LogP contribution in [-0.4, -0.2) is 35.2 Å². The normalized spacial score (nSPS) is 12.3. The Bertz CT molecular complexity index is 979. The summed E-state index contributed by atoms with van der Waals surface area (Å²) in [6.45, 7) is 4.13. The van der Waals surface area contributed by atoms with E-state index in [9.17, 15) is 9.59 Å². The number of hydrogen-bond acceptors (Lipinski definition) is 5. The van der Waals surface area contributed by atoms with E-state index >= 15 is 0 Å². The topological polar surface area (TPSA) is 73.2 Å². The average molecular weight is 371 g/mol. The molecule has 0 aliphatic carbocycles. The van der Waals surface area contributed by atoms with Gasteiger partial charge in [-0.25, -0.2) is 4.98 Å². The summed E-state index contributed by atoms with van der Waals surface area (Å²) in [6, 6.07) is 9.81. The van der Waals surface area contributed by atoms with Crippen molar-refractivity contribution in [2.75, 3.05) is 13.7 Å². The van der Waals surface area contributed by atoms with Gasteiger partial charge < -0.3 is 10.1 Å². The van der Waals surface area contributed by atoms with Crippen molar-refractivity contribution in [3.05, 3.63) is 52.6 Å². The molecule has 0 aliphatic heterocycles. The van der Waals surface area contributed by atoms with E-state index in [-0.39, 0.29) is 24.1 Å². The molecule has 1 unspecified atom stereocenters. The van der Waals surface area contributed by atoms with Gasteiger partial charge in [0.2, 0.25) is 5.91 Å². The lowest BCUT2D eigenvalue weighted by atomic mass is 10.1. The number of aromatic nitrogens is 2. The van der Waals surface area contributed by atoms with E-state index in [0.717, 1.165) is 16.0 Å². The first-order valence-corrected chi connectivity index (χ1v) is 9.15. The summed E-state index contributed by atoms with van der Waals surface area (Å²) in [5.41, 5.74) is 1.77. The zero-order valence-corrected chi connectivity index (χ0v) is 15.8. The van der Waals surface area contributed by atoms with Gasteiger partial charge in [-0.2, -0.15) is 0 Å². The largest absolute Gasteiger partial charge is 0.383 e. The molecule has 136 valence electrons. The molecular weight excluding hydrogens is 350 g/mol. The van der Waals surface area contributed by atoms with Crippen LogP contribution >= 0.6 is 11.3 Å². The van der Waals surface area contributed by atoms with E-state index < -0.39 is 0 Å². The van der Waals surface area contributed by atoms with Crippen molar-refractivity contribution in [2.45, 2.75) is 26.4 Å². The third-order valence-electron chi connectivity index (χ3n) is 4.09. The van der Waals surface area contributed by atoms with Crippen LogP contribution in [0.15, 0.2) is 41.5 Å². The highest BCUT2D eigenvalue weighted by Crippen LogP contribution is 2.35. The van der Waals surface area contributed by atoms with Crippen LogP contribution in [0.3, 0.4) is 0 Å². The Labute approximate surface area is 155 Å². The van der Waals surface area contributed by atoms with Crippen molar-refractivity contribution in [3.8, 4) is 10.4 Å². The molecule has 0 saturated heterocycles. The molecule has 26 heavy (non-hydrogen) atoms. The highest BCUT2D eigenvalue weighted by Gasteiger charge is 2.17. The zero-order valence-electron chi connectivity index (χ0n) is 15.0. The first kappa shape index (κ1) is 18.3. The number of fused-ring (bicyclic) bond motifs is 1. The van der Waals surface area contributed by atoms with Gasteiger partial charge in [0.25, 0.3) is 5.56 Å². The van der Waals surface area contributed by atoms with Crippen LogP contribution in [0.4, 0.5) is 0 Å². The number of amides is 1. The number of carbonyl (C=O) groups is 1. The van der Waals surface area contributed by atoms with Crippen LogP contribution in [0.1, 0.15) is 12.5 Å². The molecule has 2 aromatic heterocycles. The van der Waals surface area contributed by atoms with Gasteiger partial charge in [0.1, 0.15) is 11.4 Å². The van der Waals surface area contributed by atoms with Crippen LogP contribution in [0.25, 0.3) is 20.7 Å². The molecule has 7 heteroatoms. The predicted octanol–water partition coefficient (Wildman–Crippen LogP) is 2.58. The first-order chi connectivity index (χ1) is 12.5. The molecule has 0 bridgehead atoms. The summed E-state index contributed by atoms with van der Waals surface area (Å²) >= 11 is 1.49. The fourth-order valence-corrected chi connectivity index (χ4v) is 4.05. The Hall–Kier alpha value is -2.51. The maximum Gasteiger partial charge on any atom is 0.262 e. The molecule has 0 spiro atoms. The van der Waals surface area contributed by atoms with Gasteiger partial charge in [0, 0.05) is 18.0 Å². The fourth-order valence-electron chi connectivity index (χ4n) is 2.90. The number of benzene rings is 1. The molecule has 0 aliphatic rings. The van der Waals surface area contributed by atoms with E-state index in [1.807, 2.05) is 44.2 Å². The first-order valence-electron chi connectivity index (χ1n) is 8.33. The van der Waals surface area contributed by atoms with Crippen molar-refractivity contribution in [1.82, 2.24) is 14.9 Å². The third kappa shape index (κ3) is 3.68. The summed E-state index contributed by atoms with van der Waals surface area (Å²) < 4.78 is 6.36. The van der Waals surface area contributed by atoms with E-state index in [1.54, 1.807) is 7.11 Å². The lowest BCUT2D eigenvalue weighted by Crippen LogP contribution is -2.39. The van der Waals surface area contributed by atoms with E-state index in [0.29, 0.717) is 16.8 Å². The van der Waals surface area contributed by atoms with Crippen molar-refractivity contribution in [2.24, 2.45) is 0 Å². The van der Waals surface area contributed by atoms with Crippen molar-refractivity contribution in [3.63, 3.8) is 0 Å². The summed E-state index contributed by atoms with van der Waals surface area (Å²) in [4.78, 5) is 31.1. The van der Waals surface area contributed by atoms with E-state index in [2.05, 4.69) is 10.3 Å². The molecule has 1 aromatic carbocycles. The molecule has 1 atom stereocenters. The van der Waals surface area contributed by atoms with Crippen molar-refractivity contribution >= 4 is 27.5 Å². The number of thiophene rings is 1. The lowest BCUT2D eigenvalue weighted by molar-refractivity contribution is -0.122. The van der Waals surface area contributed by atoms with Gasteiger partial charge in [-0.1, -0.05) is 30.3 Å². The van der Waals surface area contributed by atoms with Crippen LogP contribution in [0.2, 0.25) is 0 Å². The maximum absolute atomic E-state index is 12.9. The zero-order chi connectivity index (χ0) is 18.7. The van der Waals surface area contributed by atoms with Gasteiger partial charge in [-0.15, -0.1) is 11.3 Å². The molecule has 3 aromatic rings. The molecule has 1 N–H and O–H groups in total. The average Bonchev–Trinajstić information content (AvgIpc) is 2.96. The van der Waals surface area contributed by atoms with E-state index in [4.69, 9.17) is 4.74 Å². The fraction of sp³-hybridized carbons (Fsp3) is 0.316. The Morgan fingerprint density at radius 2 is 2.08 bits per heavy atom. The summed E-state index contributed by atoms with van der Waals surface area (Å²) in [6.07, 6.45) is 1.44. The molecule has 0 fully saturated rings. The van der Waals surface area contributed by atoms with Crippen LogP contribution in [0, 0.1) is 6.92 Å². The maximum atomic E-state index is 12.9. The summed E-state index contributed by atoms with van der Waals surface area (Å²) in [5, 5.41) is 3.38. The standard InChI is InChI=1S/C19H21N3O3S/c1-12(10-25-3)21-15(23)9-22-11-20-18-16(19(22)24)13(2)17(26-18)14-7-5-4-6-8-14/h4-8,11-12H,9-10H2,1-3H3,(H,21,23). The number of rotatable bonds is 6. The van der Waals surface area contributed by atoms with Gasteiger partial charge in [0.15, 0.2) is 0 Å². The Balaban J connectivity index is 1.93. The highest BCUT2D eigenvalue weighted by atomic mass is 32.1. The molecule has 2 heterocycles. The van der Waals surface area contributed by atoms with E-state index in [1.165, 1.54) is 22.2 Å². The molecule has 0 saturated carbocycles. The monoisotopic (exact) mass is 371 g/mol. The summed E-state index contributed by atoms with van der Waals surface area (Å²) in [7, 11) is 1.58. The minimum absolute atomic E-state index is 0.0637. The van der Waals surface area contributed by atoms with Crippen molar-refractivity contribution in [1.29, 1.82) is 0 Å². The number of hydrogen-bond donors (Lipinski definition) is 1. The lowest BCUT2D eigenvalue weighted by Gasteiger charge is -2.13. The second-order valence-electron chi connectivity index (χ2n) is 6.20. The Kier molecular flexibility index (Phi) is 5.49. The van der Waals surface area contributed by atoms with Crippen molar-refractivity contribution < 1.29 is 9.53 Å². The molecule has 3 rings (SSSR count). The quantitative estimate of drug-likeness (QED) is 0.723. The van der Waals surface area contributed by atoms with Gasteiger partial charge in [-0.05, 0) is 25.0 Å². The number of nitrogens with zero attached hydrogens (tertiary/aromatic N) is 2. The molecular formula is C19H21N3O3S. The Morgan fingerprint density at radius 3 is 2.77 bits per heavy atom. The van der Waals surface area contributed by atoms with Crippen LogP contribution < -0.4 is 10.9 Å². The second kappa shape index (κ2) is 7.80. The Morgan fingerprint density at radius 1 is 1.35 bits per heavy atom. The predicted molar refractivity (Wildman–Crippen MR) is 104 cm³/mol. The molecule has 6 nitrogen and oxygen atoms in total. The van der Waals surface area contributed by atoms with Gasteiger partial charge >= 0.3 is 0 Å².